The largest absolute Gasteiger partial charge is 0.381 e. The van der Waals surface area contributed by atoms with Crippen molar-refractivity contribution in [3.8, 4) is 0 Å². The van der Waals surface area contributed by atoms with E-state index in [1.165, 1.54) is 6.07 Å². The smallest absolute Gasteiger partial charge is 0.271 e. The third-order valence-electron chi connectivity index (χ3n) is 3.41. The number of non-ortho nitro benzene ring substituents is 1. The zero-order valence-corrected chi connectivity index (χ0v) is 10.7. The molecule has 0 saturated carbocycles. The van der Waals surface area contributed by atoms with Gasteiger partial charge in [0.05, 0.1) is 11.5 Å². The number of anilines is 1. The molecular formula is C13H18N2O3. The molecule has 5 heteroatoms. The molecule has 1 saturated heterocycles. The van der Waals surface area contributed by atoms with Crippen LogP contribution in [-0.2, 0) is 4.74 Å². The molecular weight excluding hydrogens is 232 g/mol. The van der Waals surface area contributed by atoms with Gasteiger partial charge in [0.15, 0.2) is 0 Å². The summed E-state index contributed by atoms with van der Waals surface area (Å²) in [4.78, 5) is 10.4. The number of nitrogens with zero attached hydrogens (tertiary/aromatic N) is 1. The Balaban J connectivity index is 2.17. The van der Waals surface area contributed by atoms with Crippen LogP contribution in [0, 0.1) is 23.0 Å². The minimum atomic E-state index is -0.363. The molecule has 0 aromatic heterocycles. The molecule has 0 spiro atoms. The molecule has 2 rings (SSSR count). The van der Waals surface area contributed by atoms with Gasteiger partial charge in [-0.25, -0.2) is 0 Å². The molecule has 1 aromatic carbocycles. The van der Waals surface area contributed by atoms with Crippen molar-refractivity contribution < 1.29 is 9.66 Å². The molecule has 1 N–H and O–H groups in total. The van der Waals surface area contributed by atoms with Crippen LogP contribution in [0.1, 0.15) is 18.9 Å². The highest BCUT2D eigenvalue weighted by Gasteiger charge is 2.22. The summed E-state index contributed by atoms with van der Waals surface area (Å²) in [5.41, 5.74) is 2.00. The van der Waals surface area contributed by atoms with Gasteiger partial charge in [-0.05, 0) is 24.8 Å². The maximum absolute atomic E-state index is 10.8. The number of nitrogens with one attached hydrogen (secondary N) is 1. The zero-order valence-electron chi connectivity index (χ0n) is 10.7. The Labute approximate surface area is 106 Å². The van der Waals surface area contributed by atoms with Gasteiger partial charge in [-0.3, -0.25) is 10.1 Å². The summed E-state index contributed by atoms with van der Waals surface area (Å²) in [5, 5.41) is 14.2. The van der Waals surface area contributed by atoms with Crippen LogP contribution in [-0.4, -0.2) is 24.2 Å². The Morgan fingerprint density at radius 1 is 1.50 bits per heavy atom. The van der Waals surface area contributed by atoms with E-state index in [2.05, 4.69) is 12.2 Å². The van der Waals surface area contributed by atoms with E-state index in [0.717, 1.165) is 30.9 Å². The van der Waals surface area contributed by atoms with Crippen molar-refractivity contribution in [3.63, 3.8) is 0 Å². The molecule has 2 atom stereocenters. The van der Waals surface area contributed by atoms with Crippen LogP contribution in [0.5, 0.6) is 0 Å². The summed E-state index contributed by atoms with van der Waals surface area (Å²) in [6, 6.07) is 5.25. The normalized spacial score (nSPS) is 23.7. The molecule has 0 bridgehead atoms. The highest BCUT2D eigenvalue weighted by molar-refractivity contribution is 5.57. The quantitative estimate of drug-likeness (QED) is 0.661. The Hall–Kier alpha value is -1.62. The van der Waals surface area contributed by atoms with Crippen molar-refractivity contribution in [1.82, 2.24) is 0 Å². The van der Waals surface area contributed by atoms with E-state index in [9.17, 15) is 10.1 Å². The minimum absolute atomic E-state index is 0.128. The van der Waals surface area contributed by atoms with E-state index >= 15 is 0 Å². The summed E-state index contributed by atoms with van der Waals surface area (Å²) in [6.45, 7) is 5.57. The van der Waals surface area contributed by atoms with Gasteiger partial charge in [0.1, 0.15) is 0 Å². The third-order valence-corrected chi connectivity index (χ3v) is 3.41. The lowest BCUT2D eigenvalue weighted by molar-refractivity contribution is -0.384. The lowest BCUT2D eigenvalue weighted by Crippen LogP contribution is -2.36. The monoisotopic (exact) mass is 250 g/mol. The molecule has 98 valence electrons. The van der Waals surface area contributed by atoms with Crippen LogP contribution in [0.3, 0.4) is 0 Å². The highest BCUT2D eigenvalue weighted by atomic mass is 16.6. The first-order valence-electron chi connectivity index (χ1n) is 6.17. The van der Waals surface area contributed by atoms with Gasteiger partial charge in [-0.15, -0.1) is 0 Å². The average Bonchev–Trinajstić information content (AvgIpc) is 2.34. The number of hydrogen-bond donors (Lipinski definition) is 1. The number of ether oxygens (including phenoxy) is 1. The van der Waals surface area contributed by atoms with E-state index in [1.54, 1.807) is 12.1 Å². The predicted octanol–water partition coefficient (Wildman–Crippen LogP) is 2.74. The first-order valence-corrected chi connectivity index (χ1v) is 6.17. The van der Waals surface area contributed by atoms with Gasteiger partial charge in [0, 0.05) is 30.5 Å². The van der Waals surface area contributed by atoms with Crippen molar-refractivity contribution >= 4 is 11.4 Å². The van der Waals surface area contributed by atoms with Gasteiger partial charge in [-0.2, -0.15) is 0 Å². The maximum atomic E-state index is 10.8. The van der Waals surface area contributed by atoms with E-state index < -0.39 is 0 Å². The van der Waals surface area contributed by atoms with Gasteiger partial charge in [-0.1, -0.05) is 13.0 Å². The van der Waals surface area contributed by atoms with Crippen LogP contribution >= 0.6 is 0 Å². The number of nitro groups is 1. The van der Waals surface area contributed by atoms with Crippen molar-refractivity contribution in [3.05, 3.63) is 33.9 Å². The van der Waals surface area contributed by atoms with Gasteiger partial charge in [0.25, 0.3) is 5.69 Å². The fourth-order valence-corrected chi connectivity index (χ4v) is 2.17. The maximum Gasteiger partial charge on any atom is 0.271 e. The molecule has 1 heterocycles. The number of rotatable bonds is 3. The molecule has 0 amide bonds. The lowest BCUT2D eigenvalue weighted by atomic mass is 9.97. The number of aryl methyl sites for hydroxylation is 1. The van der Waals surface area contributed by atoms with Crippen molar-refractivity contribution in [2.45, 2.75) is 26.3 Å². The third kappa shape index (κ3) is 2.79. The number of nitro benzene ring substituents is 1. The number of hydrogen-bond acceptors (Lipinski definition) is 4. The minimum Gasteiger partial charge on any atom is -0.381 e. The molecule has 1 aromatic rings. The standard InChI is InChI=1S/C13H18N2O3/c1-9-3-4-11(15(16)17)7-13(9)14-12-5-6-18-8-10(12)2/h3-4,7,10,12,14H,5-6,8H2,1-2H3. The van der Waals surface area contributed by atoms with E-state index in [0.29, 0.717) is 12.0 Å². The predicted molar refractivity (Wildman–Crippen MR) is 69.8 cm³/mol. The summed E-state index contributed by atoms with van der Waals surface area (Å²) < 4.78 is 5.39. The summed E-state index contributed by atoms with van der Waals surface area (Å²) in [6.07, 6.45) is 0.934. The Bertz CT molecular complexity index is 448. The second-order valence-corrected chi connectivity index (χ2v) is 4.85. The Morgan fingerprint density at radius 2 is 2.28 bits per heavy atom. The first-order chi connectivity index (χ1) is 8.58. The Morgan fingerprint density at radius 3 is 2.94 bits per heavy atom. The SMILES string of the molecule is Cc1ccc([N+](=O)[O-])cc1NC1CCOCC1C. The fourth-order valence-electron chi connectivity index (χ4n) is 2.17. The van der Waals surface area contributed by atoms with Gasteiger partial charge < -0.3 is 10.1 Å². The summed E-state index contributed by atoms with van der Waals surface area (Å²) in [7, 11) is 0. The topological polar surface area (TPSA) is 64.4 Å². The molecule has 0 aliphatic carbocycles. The van der Waals surface area contributed by atoms with Crippen LogP contribution in [0.25, 0.3) is 0 Å². The van der Waals surface area contributed by atoms with E-state index in [4.69, 9.17) is 4.74 Å². The second kappa shape index (κ2) is 5.35. The Kier molecular flexibility index (Phi) is 3.81. The molecule has 1 aliphatic heterocycles. The lowest BCUT2D eigenvalue weighted by Gasteiger charge is -2.30. The van der Waals surface area contributed by atoms with E-state index in [-0.39, 0.29) is 10.6 Å². The highest BCUT2D eigenvalue weighted by Crippen LogP contribution is 2.25. The molecule has 5 nitrogen and oxygen atoms in total. The van der Waals surface area contributed by atoms with Gasteiger partial charge in [0.2, 0.25) is 0 Å². The fraction of sp³-hybridized carbons (Fsp3) is 0.538. The molecule has 1 aliphatic rings. The second-order valence-electron chi connectivity index (χ2n) is 4.85. The van der Waals surface area contributed by atoms with Gasteiger partial charge >= 0.3 is 0 Å². The van der Waals surface area contributed by atoms with Crippen molar-refractivity contribution in [2.75, 3.05) is 18.5 Å². The zero-order chi connectivity index (χ0) is 13.1. The molecule has 0 radical (unpaired) electrons. The van der Waals surface area contributed by atoms with Crippen LogP contribution in [0.2, 0.25) is 0 Å². The summed E-state index contributed by atoms with van der Waals surface area (Å²) >= 11 is 0. The van der Waals surface area contributed by atoms with E-state index in [1.807, 2.05) is 6.92 Å². The number of benzene rings is 1. The summed E-state index contributed by atoms with van der Waals surface area (Å²) in [5.74, 6) is 0.414. The van der Waals surface area contributed by atoms with Crippen LogP contribution < -0.4 is 5.32 Å². The van der Waals surface area contributed by atoms with Crippen LogP contribution in [0.15, 0.2) is 18.2 Å². The van der Waals surface area contributed by atoms with Crippen molar-refractivity contribution in [2.24, 2.45) is 5.92 Å². The molecule has 1 fully saturated rings. The van der Waals surface area contributed by atoms with Crippen LogP contribution in [0.4, 0.5) is 11.4 Å². The van der Waals surface area contributed by atoms with Crippen molar-refractivity contribution in [1.29, 1.82) is 0 Å². The average molecular weight is 250 g/mol. The first kappa shape index (κ1) is 12.8. The molecule has 18 heavy (non-hydrogen) atoms. The molecule has 2 unspecified atom stereocenters.